The highest BCUT2D eigenvalue weighted by Gasteiger charge is 2.63. The number of carbonyl (C=O) groups is 7. The van der Waals surface area contributed by atoms with E-state index in [1.807, 2.05) is 22.4 Å². The zero-order chi connectivity index (χ0) is 51.5. The number of anilines is 1. The van der Waals surface area contributed by atoms with E-state index in [2.05, 4.69) is 5.32 Å². The average Bonchev–Trinajstić information content (AvgIpc) is 3.82. The second kappa shape index (κ2) is 22.4. The summed E-state index contributed by atoms with van der Waals surface area (Å²) in [6, 6.07) is 5.30. The summed E-state index contributed by atoms with van der Waals surface area (Å²) >= 11 is 2.90. The molecule has 1 fully saturated rings. The minimum Gasteiger partial charge on any atom is -0.510 e. The summed E-state index contributed by atoms with van der Waals surface area (Å²) in [6.45, 7) is 1.31. The van der Waals surface area contributed by atoms with Crippen LogP contribution in [0.15, 0.2) is 63.6 Å². The van der Waals surface area contributed by atoms with Crippen molar-refractivity contribution in [3.05, 3.63) is 79.6 Å². The molecule has 3 aliphatic carbocycles. The SMILES string of the molecule is CC(=O)OCC1=C(C(=O)OCCCCCCCCCCC(=O)Oc2ccc(N(C)C)c3c2C(=O)C2=C(O)[C@]4(O)C(=O)C(C(N)=O)=C(O)[C@@H](N(C)C)[C@@H]4C[C@@H]2C3)N2C(O)[C@@H](NC(=O)Cc3cccs3)[C@H]2SC1. The van der Waals surface area contributed by atoms with Gasteiger partial charge in [0.25, 0.3) is 5.91 Å². The number of thioether (sulfide) groups is 1. The molecule has 2 aromatic rings. The first-order valence-corrected chi connectivity index (χ1v) is 25.8. The molecule has 1 unspecified atom stereocenters. The number of fused-ring (bicyclic) bond motifs is 4. The van der Waals surface area contributed by atoms with Crippen molar-refractivity contribution in [3.8, 4) is 5.75 Å². The highest BCUT2D eigenvalue weighted by molar-refractivity contribution is 8.00. The van der Waals surface area contributed by atoms with Crippen LogP contribution in [0.1, 0.15) is 91.9 Å². The molecule has 3 heterocycles. The van der Waals surface area contributed by atoms with Crippen LogP contribution in [0.25, 0.3) is 0 Å². The molecule has 19 nitrogen and oxygen atoms in total. The Kier molecular flexibility index (Phi) is 16.7. The molecule has 7 N–H and O–H groups in total. The summed E-state index contributed by atoms with van der Waals surface area (Å²) in [5.41, 5.74) is 3.60. The summed E-state index contributed by atoms with van der Waals surface area (Å²) < 4.78 is 16.7. The van der Waals surface area contributed by atoms with E-state index in [-0.39, 0.29) is 67.4 Å². The number of nitrogens with one attached hydrogen (secondary N) is 1. The number of nitrogens with two attached hydrogens (primary N) is 1. The standard InChI is InChI=1S/C50H63N5O14S2/c1-26(56)68-24-28-25-71-48-39(52-34(57)23-29-15-14-20-70-29)47(64)55(48)40(28)49(65)67-19-13-11-9-7-6-8-10-12-16-35(58)69-33-18-17-32(53(2)3)30-21-27-22-31-41(54(4)5)43(60)38(46(51)63)45(62)50(31,66)44(61)36(27)42(59)37(30)33/h14-15,17-18,20,27,31,39,41,47-48,60-61,64,66H,6-13,16,19,21-25H2,1-5H3,(H2,51,63)(H,52,57)/t27-,31-,39+,41-,47?,48+,50-/m0/s1. The maximum Gasteiger partial charge on any atom is 0.354 e. The number of Topliss-reactive ketones (excluding diaryl/α,β-unsaturated/α-hetero) is 2. The van der Waals surface area contributed by atoms with Gasteiger partial charge in [0.15, 0.2) is 17.6 Å². The topological polar surface area (TPSA) is 276 Å². The number of aliphatic hydroxyl groups is 4. The molecule has 1 aromatic carbocycles. The number of rotatable bonds is 21. The minimum atomic E-state index is -2.73. The van der Waals surface area contributed by atoms with Crippen LogP contribution in [-0.4, -0.2) is 148 Å². The number of ketones is 2. The third kappa shape index (κ3) is 10.7. The lowest BCUT2D eigenvalue weighted by atomic mass is 9.58. The average molecular weight is 1020 g/mol. The van der Waals surface area contributed by atoms with E-state index in [4.69, 9.17) is 19.9 Å². The molecule has 384 valence electrons. The normalized spacial score (nSPS) is 24.6. The molecule has 0 spiro atoms. The third-order valence-corrected chi connectivity index (χ3v) is 16.1. The predicted octanol–water partition coefficient (Wildman–Crippen LogP) is 3.75. The van der Waals surface area contributed by atoms with E-state index in [1.54, 1.807) is 34.3 Å². The van der Waals surface area contributed by atoms with Gasteiger partial charge in [-0.25, -0.2) is 4.79 Å². The molecule has 1 saturated heterocycles. The van der Waals surface area contributed by atoms with Crippen LogP contribution in [0.2, 0.25) is 0 Å². The number of allylic oxidation sites excluding steroid dienone is 1. The molecule has 7 rings (SSSR count). The van der Waals surface area contributed by atoms with Crippen molar-refractivity contribution in [2.75, 3.05) is 52.1 Å². The van der Waals surface area contributed by atoms with Crippen LogP contribution in [-0.2, 0) is 51.1 Å². The first-order valence-electron chi connectivity index (χ1n) is 23.9. The first-order chi connectivity index (χ1) is 33.8. The number of likely N-dealkylation sites (N-methyl/N-ethyl adjacent to an activating group) is 1. The lowest BCUT2D eigenvalue weighted by Gasteiger charge is -2.55. The van der Waals surface area contributed by atoms with Gasteiger partial charge in [-0.05, 0) is 74.8 Å². The molecule has 7 atom stereocenters. The number of unbranched alkanes of at least 4 members (excludes halogenated alkanes) is 7. The fourth-order valence-corrected chi connectivity index (χ4v) is 12.6. The Balaban J connectivity index is 0.867. The van der Waals surface area contributed by atoms with Crippen LogP contribution in [0, 0.1) is 11.8 Å². The van der Waals surface area contributed by atoms with Gasteiger partial charge in [0, 0.05) is 60.8 Å². The molecule has 0 bridgehead atoms. The Morgan fingerprint density at radius 3 is 2.28 bits per heavy atom. The molecular weight excluding hydrogens is 959 g/mol. The van der Waals surface area contributed by atoms with Gasteiger partial charge in [0.1, 0.15) is 46.6 Å². The lowest BCUT2D eigenvalue weighted by Crippen LogP contribution is -2.73. The second-order valence-corrected chi connectivity index (χ2v) is 21.2. The van der Waals surface area contributed by atoms with E-state index in [1.165, 1.54) is 45.9 Å². The largest absolute Gasteiger partial charge is 0.510 e. The lowest BCUT2D eigenvalue weighted by molar-refractivity contribution is -0.153. The quantitative estimate of drug-likeness (QED) is 0.0450. The number of esters is 3. The van der Waals surface area contributed by atoms with Gasteiger partial charge in [-0.1, -0.05) is 44.6 Å². The molecule has 5 aliphatic rings. The van der Waals surface area contributed by atoms with Gasteiger partial charge in [-0.3, -0.25) is 33.7 Å². The number of hydrogen-bond acceptors (Lipinski definition) is 19. The van der Waals surface area contributed by atoms with Crippen molar-refractivity contribution >= 4 is 70.1 Å². The molecule has 2 aliphatic heterocycles. The van der Waals surface area contributed by atoms with Crippen molar-refractivity contribution in [2.24, 2.45) is 17.6 Å². The number of primary amides is 1. The Morgan fingerprint density at radius 1 is 0.958 bits per heavy atom. The summed E-state index contributed by atoms with van der Waals surface area (Å²) in [5, 5.41) is 50.3. The van der Waals surface area contributed by atoms with Crippen LogP contribution in [0.5, 0.6) is 5.75 Å². The van der Waals surface area contributed by atoms with Gasteiger partial charge in [0.2, 0.25) is 11.7 Å². The highest BCUT2D eigenvalue weighted by atomic mass is 32.2. The number of ether oxygens (including phenoxy) is 3. The van der Waals surface area contributed by atoms with Crippen molar-refractivity contribution in [2.45, 2.75) is 113 Å². The number of hydrogen-bond donors (Lipinski definition) is 6. The zero-order valence-corrected chi connectivity index (χ0v) is 42.2. The number of aliphatic hydroxyl groups excluding tert-OH is 3. The monoisotopic (exact) mass is 1020 g/mol. The third-order valence-electron chi connectivity index (χ3n) is 13.9. The summed E-state index contributed by atoms with van der Waals surface area (Å²) in [6.07, 6.45) is 5.54. The van der Waals surface area contributed by atoms with Gasteiger partial charge >= 0.3 is 17.9 Å². The molecule has 21 heteroatoms. The summed E-state index contributed by atoms with van der Waals surface area (Å²) in [4.78, 5) is 97.3. The highest BCUT2D eigenvalue weighted by Crippen LogP contribution is 2.53. The number of amides is 2. The van der Waals surface area contributed by atoms with E-state index >= 15 is 0 Å². The van der Waals surface area contributed by atoms with E-state index in [9.17, 15) is 54.0 Å². The van der Waals surface area contributed by atoms with E-state index in [0.29, 0.717) is 35.4 Å². The van der Waals surface area contributed by atoms with E-state index < -0.39 is 93.6 Å². The van der Waals surface area contributed by atoms with Crippen LogP contribution >= 0.6 is 23.1 Å². The Hall–Kier alpha value is -5.74. The molecule has 71 heavy (non-hydrogen) atoms. The Labute approximate surface area is 420 Å². The van der Waals surface area contributed by atoms with Crippen LogP contribution < -0.4 is 20.7 Å². The summed E-state index contributed by atoms with van der Waals surface area (Å²) in [7, 11) is 6.76. The van der Waals surface area contributed by atoms with Gasteiger partial charge in [0.05, 0.1) is 24.6 Å². The fraction of sp³-hybridized carbons (Fsp3) is 0.540. The van der Waals surface area contributed by atoms with E-state index in [0.717, 1.165) is 43.4 Å². The van der Waals surface area contributed by atoms with Crippen LogP contribution in [0.4, 0.5) is 5.69 Å². The molecule has 2 amide bonds. The Bertz CT molecular complexity index is 2540. The molecule has 0 radical (unpaired) electrons. The molecular formula is C50H63N5O14S2. The first kappa shape index (κ1) is 53.1. The minimum absolute atomic E-state index is 0.00768. The van der Waals surface area contributed by atoms with Crippen molar-refractivity contribution in [3.63, 3.8) is 0 Å². The Morgan fingerprint density at radius 2 is 1.65 bits per heavy atom. The smallest absolute Gasteiger partial charge is 0.354 e. The van der Waals surface area contributed by atoms with Crippen LogP contribution in [0.3, 0.4) is 0 Å². The number of thiophene rings is 1. The molecule has 0 saturated carbocycles. The van der Waals surface area contributed by atoms with Crippen molar-refractivity contribution < 1.29 is 68.2 Å². The van der Waals surface area contributed by atoms with Gasteiger partial charge in [-0.2, -0.15) is 0 Å². The predicted molar refractivity (Wildman–Crippen MR) is 262 cm³/mol. The second-order valence-electron chi connectivity index (χ2n) is 19.1. The van der Waals surface area contributed by atoms with Crippen molar-refractivity contribution in [1.82, 2.24) is 15.1 Å². The fourth-order valence-electron chi connectivity index (χ4n) is 10.5. The maximum atomic E-state index is 14.5. The molecule has 1 aromatic heterocycles. The zero-order valence-electron chi connectivity index (χ0n) is 40.6. The van der Waals surface area contributed by atoms with Gasteiger partial charge in [-0.15, -0.1) is 23.1 Å². The van der Waals surface area contributed by atoms with Crippen molar-refractivity contribution in [1.29, 1.82) is 0 Å². The number of nitrogens with zero attached hydrogens (tertiary/aromatic N) is 3. The maximum absolute atomic E-state index is 14.5. The van der Waals surface area contributed by atoms with Gasteiger partial charge < -0.3 is 55.5 Å². The number of benzene rings is 1. The summed E-state index contributed by atoms with van der Waals surface area (Å²) in [5.74, 6) is -8.24. The number of carbonyl (C=O) groups excluding carboxylic acids is 7.